The van der Waals surface area contributed by atoms with Gasteiger partial charge in [-0.05, 0) is 32.0 Å². The quantitative estimate of drug-likeness (QED) is 0.871. The van der Waals surface area contributed by atoms with Crippen LogP contribution in [0.4, 0.5) is 5.69 Å². The molecular formula is C13H17ClN2O3. The van der Waals surface area contributed by atoms with Crippen molar-refractivity contribution >= 4 is 29.1 Å². The standard InChI is InChI=1S/C13H17ClN2O3/c1-4-19-12-6-5-10(7-11(12)14)16-13(18)8(2)15-9(3)17/h5-8H,4H2,1-3H3,(H,15,17)(H,16,18). The van der Waals surface area contributed by atoms with Crippen molar-refractivity contribution in [1.82, 2.24) is 5.32 Å². The summed E-state index contributed by atoms with van der Waals surface area (Å²) in [5, 5.41) is 5.59. The average molecular weight is 285 g/mol. The van der Waals surface area contributed by atoms with Crippen LogP contribution in [0.5, 0.6) is 5.75 Å². The Morgan fingerprint density at radius 2 is 2.11 bits per heavy atom. The molecule has 19 heavy (non-hydrogen) atoms. The van der Waals surface area contributed by atoms with Gasteiger partial charge in [-0.1, -0.05) is 11.6 Å². The van der Waals surface area contributed by atoms with E-state index in [9.17, 15) is 9.59 Å². The third-order valence-corrected chi connectivity index (χ3v) is 2.61. The lowest BCUT2D eigenvalue weighted by molar-refractivity contribution is -0.124. The highest BCUT2D eigenvalue weighted by atomic mass is 35.5. The zero-order valence-corrected chi connectivity index (χ0v) is 11.9. The Labute approximate surface area is 117 Å². The van der Waals surface area contributed by atoms with Gasteiger partial charge in [0.05, 0.1) is 11.6 Å². The van der Waals surface area contributed by atoms with Crippen LogP contribution in [0.15, 0.2) is 18.2 Å². The SMILES string of the molecule is CCOc1ccc(NC(=O)C(C)NC(C)=O)cc1Cl. The Morgan fingerprint density at radius 3 is 2.63 bits per heavy atom. The van der Waals surface area contributed by atoms with Gasteiger partial charge < -0.3 is 15.4 Å². The van der Waals surface area contributed by atoms with Crippen molar-refractivity contribution in [3.8, 4) is 5.75 Å². The average Bonchev–Trinajstić information content (AvgIpc) is 2.32. The van der Waals surface area contributed by atoms with E-state index in [-0.39, 0.29) is 11.8 Å². The number of carbonyl (C=O) groups excluding carboxylic acids is 2. The molecular weight excluding hydrogens is 268 g/mol. The normalized spacial score (nSPS) is 11.6. The zero-order valence-electron chi connectivity index (χ0n) is 11.1. The minimum Gasteiger partial charge on any atom is -0.492 e. The van der Waals surface area contributed by atoms with Crippen LogP contribution in [0.3, 0.4) is 0 Å². The van der Waals surface area contributed by atoms with E-state index in [2.05, 4.69) is 10.6 Å². The highest BCUT2D eigenvalue weighted by Gasteiger charge is 2.14. The van der Waals surface area contributed by atoms with E-state index in [1.165, 1.54) is 6.92 Å². The number of nitrogens with one attached hydrogen (secondary N) is 2. The van der Waals surface area contributed by atoms with Gasteiger partial charge in [-0.2, -0.15) is 0 Å². The maximum Gasteiger partial charge on any atom is 0.246 e. The van der Waals surface area contributed by atoms with E-state index in [4.69, 9.17) is 16.3 Å². The predicted molar refractivity (Wildman–Crippen MR) is 74.5 cm³/mol. The smallest absolute Gasteiger partial charge is 0.246 e. The summed E-state index contributed by atoms with van der Waals surface area (Å²) in [7, 11) is 0. The van der Waals surface area contributed by atoms with Crippen molar-refractivity contribution in [3.05, 3.63) is 23.2 Å². The van der Waals surface area contributed by atoms with Gasteiger partial charge in [0.2, 0.25) is 11.8 Å². The predicted octanol–water partition coefficient (Wildman–Crippen LogP) is 2.20. The number of halogens is 1. The molecule has 2 N–H and O–H groups in total. The molecule has 0 heterocycles. The van der Waals surface area contributed by atoms with Crippen molar-refractivity contribution in [3.63, 3.8) is 0 Å². The fourth-order valence-corrected chi connectivity index (χ4v) is 1.71. The fourth-order valence-electron chi connectivity index (χ4n) is 1.47. The van der Waals surface area contributed by atoms with Crippen LogP contribution in [-0.4, -0.2) is 24.5 Å². The molecule has 0 saturated heterocycles. The lowest BCUT2D eigenvalue weighted by Gasteiger charge is -2.13. The van der Waals surface area contributed by atoms with Gasteiger partial charge >= 0.3 is 0 Å². The summed E-state index contributed by atoms with van der Waals surface area (Å²) in [6.07, 6.45) is 0. The molecule has 0 aliphatic carbocycles. The van der Waals surface area contributed by atoms with E-state index in [1.807, 2.05) is 6.92 Å². The first kappa shape index (κ1) is 15.3. The second kappa shape index (κ2) is 6.99. The van der Waals surface area contributed by atoms with E-state index in [1.54, 1.807) is 25.1 Å². The molecule has 0 spiro atoms. The molecule has 0 aliphatic rings. The molecule has 1 unspecified atom stereocenters. The molecule has 0 radical (unpaired) electrons. The maximum atomic E-state index is 11.8. The Morgan fingerprint density at radius 1 is 1.42 bits per heavy atom. The molecule has 0 saturated carbocycles. The van der Waals surface area contributed by atoms with Crippen molar-refractivity contribution < 1.29 is 14.3 Å². The molecule has 0 fully saturated rings. The monoisotopic (exact) mass is 284 g/mol. The summed E-state index contributed by atoms with van der Waals surface area (Å²) in [6, 6.07) is 4.37. The highest BCUT2D eigenvalue weighted by Crippen LogP contribution is 2.27. The molecule has 0 aromatic heterocycles. The third kappa shape index (κ3) is 4.79. The first-order valence-electron chi connectivity index (χ1n) is 5.94. The molecule has 1 atom stereocenters. The molecule has 5 nitrogen and oxygen atoms in total. The van der Waals surface area contributed by atoms with Crippen LogP contribution in [0.2, 0.25) is 5.02 Å². The van der Waals surface area contributed by atoms with Crippen molar-refractivity contribution in [1.29, 1.82) is 0 Å². The van der Waals surface area contributed by atoms with E-state index >= 15 is 0 Å². The van der Waals surface area contributed by atoms with Gasteiger partial charge in [0, 0.05) is 12.6 Å². The number of benzene rings is 1. The summed E-state index contributed by atoms with van der Waals surface area (Å²) in [4.78, 5) is 22.6. The van der Waals surface area contributed by atoms with Crippen LogP contribution in [-0.2, 0) is 9.59 Å². The van der Waals surface area contributed by atoms with Gasteiger partial charge in [0.15, 0.2) is 0 Å². The second-order valence-corrected chi connectivity index (χ2v) is 4.40. The number of hydrogen-bond acceptors (Lipinski definition) is 3. The minimum absolute atomic E-state index is 0.257. The third-order valence-electron chi connectivity index (χ3n) is 2.31. The Kier molecular flexibility index (Phi) is 5.63. The lowest BCUT2D eigenvalue weighted by atomic mass is 10.2. The Balaban J connectivity index is 2.69. The van der Waals surface area contributed by atoms with Crippen LogP contribution in [0, 0.1) is 0 Å². The summed E-state index contributed by atoms with van der Waals surface area (Å²) in [5.41, 5.74) is 0.552. The molecule has 1 aromatic rings. The summed E-state index contributed by atoms with van der Waals surface area (Å²) >= 11 is 6.01. The number of amides is 2. The number of hydrogen-bond donors (Lipinski definition) is 2. The maximum absolute atomic E-state index is 11.8. The largest absolute Gasteiger partial charge is 0.492 e. The molecule has 1 rings (SSSR count). The van der Waals surface area contributed by atoms with E-state index in [0.717, 1.165) is 0 Å². The van der Waals surface area contributed by atoms with Crippen molar-refractivity contribution in [2.45, 2.75) is 26.8 Å². The lowest BCUT2D eigenvalue weighted by Crippen LogP contribution is -2.40. The number of rotatable bonds is 5. The molecule has 1 aromatic carbocycles. The topological polar surface area (TPSA) is 67.4 Å². The van der Waals surface area contributed by atoms with Gasteiger partial charge in [0.25, 0.3) is 0 Å². The molecule has 0 bridgehead atoms. The number of anilines is 1. The van der Waals surface area contributed by atoms with Crippen LogP contribution in [0.25, 0.3) is 0 Å². The number of carbonyl (C=O) groups is 2. The Hall–Kier alpha value is -1.75. The molecule has 2 amide bonds. The van der Waals surface area contributed by atoms with E-state index in [0.29, 0.717) is 23.1 Å². The molecule has 0 aliphatic heterocycles. The number of ether oxygens (including phenoxy) is 1. The van der Waals surface area contributed by atoms with Crippen molar-refractivity contribution in [2.24, 2.45) is 0 Å². The van der Waals surface area contributed by atoms with Gasteiger partial charge in [-0.25, -0.2) is 0 Å². The van der Waals surface area contributed by atoms with Gasteiger partial charge in [-0.3, -0.25) is 9.59 Å². The zero-order chi connectivity index (χ0) is 14.4. The molecule has 104 valence electrons. The second-order valence-electron chi connectivity index (χ2n) is 3.99. The molecule has 6 heteroatoms. The van der Waals surface area contributed by atoms with Crippen molar-refractivity contribution in [2.75, 3.05) is 11.9 Å². The summed E-state index contributed by atoms with van der Waals surface area (Å²) in [5.74, 6) is -0.000113. The first-order valence-corrected chi connectivity index (χ1v) is 6.32. The van der Waals surface area contributed by atoms with Gasteiger partial charge in [-0.15, -0.1) is 0 Å². The summed E-state index contributed by atoms with van der Waals surface area (Å²) in [6.45, 7) is 5.34. The minimum atomic E-state index is -0.608. The first-order chi connectivity index (χ1) is 8.93. The van der Waals surface area contributed by atoms with Crippen LogP contribution in [0.1, 0.15) is 20.8 Å². The summed E-state index contributed by atoms with van der Waals surface area (Å²) < 4.78 is 5.30. The van der Waals surface area contributed by atoms with Crippen LogP contribution < -0.4 is 15.4 Å². The van der Waals surface area contributed by atoms with Crippen LogP contribution >= 0.6 is 11.6 Å². The van der Waals surface area contributed by atoms with E-state index < -0.39 is 6.04 Å². The van der Waals surface area contributed by atoms with Gasteiger partial charge in [0.1, 0.15) is 11.8 Å². The fraction of sp³-hybridized carbons (Fsp3) is 0.385. The Bertz CT molecular complexity index is 477. The highest BCUT2D eigenvalue weighted by molar-refractivity contribution is 6.32.